The number of benzene rings is 2. The Morgan fingerprint density at radius 1 is 0.543 bits per heavy atom. The van der Waals surface area contributed by atoms with Crippen LogP contribution in [0.4, 0.5) is 0 Å². The third-order valence-corrected chi connectivity index (χ3v) is 13.8. The van der Waals surface area contributed by atoms with Crippen LogP contribution < -0.4 is 0 Å². The van der Waals surface area contributed by atoms with Gasteiger partial charge in [-0.05, 0) is 29.0 Å². The molecule has 0 amide bonds. The minimum Gasteiger partial charge on any atom is -0.227 e. The topological polar surface area (TPSA) is 154 Å². The average molecular weight is 701 g/mol. The van der Waals surface area contributed by atoms with E-state index in [1.165, 1.54) is 31.7 Å². The van der Waals surface area contributed by atoms with Gasteiger partial charge < -0.3 is 0 Å². The Labute approximate surface area is 275 Å². The molecule has 2 aromatic heterocycles. The maximum Gasteiger partial charge on any atom is 0.248 e. The van der Waals surface area contributed by atoms with E-state index in [4.69, 9.17) is 4.98 Å². The van der Waals surface area contributed by atoms with E-state index < -0.39 is 40.6 Å². The van der Waals surface area contributed by atoms with Gasteiger partial charge in [-0.15, -0.1) is 0 Å². The SMILES string of the molecule is CCSc1nc(S(=O)(=O)CC)cc([C@H]2[C@@H](c3ccccc3)[C@@H](c3cc(S(=O)(=O)CC)nc(S(=O)(=O)CC)n3)[C@@H]2c2ccccc2)n1. The fourth-order valence-electron chi connectivity index (χ4n) is 5.92. The van der Waals surface area contributed by atoms with Gasteiger partial charge in [0.25, 0.3) is 0 Å². The van der Waals surface area contributed by atoms with Crippen molar-refractivity contribution in [3.05, 3.63) is 95.3 Å². The average Bonchev–Trinajstić information content (AvgIpc) is 3.05. The van der Waals surface area contributed by atoms with Crippen LogP contribution in [0.3, 0.4) is 0 Å². The molecule has 1 aliphatic carbocycles. The summed E-state index contributed by atoms with van der Waals surface area (Å²) in [6.07, 6.45) is 0. The maximum absolute atomic E-state index is 13.1. The monoisotopic (exact) mass is 700 g/mol. The molecule has 1 saturated carbocycles. The lowest BCUT2D eigenvalue weighted by Crippen LogP contribution is -2.41. The molecule has 1 fully saturated rings. The third kappa shape index (κ3) is 6.62. The van der Waals surface area contributed by atoms with Crippen molar-refractivity contribution in [1.29, 1.82) is 0 Å². The van der Waals surface area contributed by atoms with Crippen molar-refractivity contribution in [3.8, 4) is 0 Å². The molecule has 0 spiro atoms. The highest BCUT2D eigenvalue weighted by atomic mass is 32.2. The molecule has 0 aliphatic heterocycles. The zero-order valence-corrected chi connectivity index (χ0v) is 29.2. The number of aromatic nitrogens is 4. The Bertz CT molecular complexity index is 1940. The molecule has 4 aromatic rings. The lowest BCUT2D eigenvalue weighted by Gasteiger charge is -2.52. The highest BCUT2D eigenvalue weighted by Crippen LogP contribution is 2.66. The van der Waals surface area contributed by atoms with Crippen LogP contribution in [0.5, 0.6) is 0 Å². The summed E-state index contributed by atoms with van der Waals surface area (Å²) in [5.74, 6) is -1.68. The summed E-state index contributed by atoms with van der Waals surface area (Å²) in [6.45, 7) is 6.45. The Kier molecular flexibility index (Phi) is 10.0. The molecule has 2 aromatic carbocycles. The second kappa shape index (κ2) is 13.5. The van der Waals surface area contributed by atoms with E-state index in [1.807, 2.05) is 67.6 Å². The highest BCUT2D eigenvalue weighted by molar-refractivity contribution is 7.99. The van der Waals surface area contributed by atoms with Crippen molar-refractivity contribution in [3.63, 3.8) is 0 Å². The normalized spacial score (nSPS) is 20.3. The van der Waals surface area contributed by atoms with Crippen LogP contribution >= 0.6 is 11.8 Å². The first-order valence-electron chi connectivity index (χ1n) is 15.1. The molecule has 2 atom stereocenters. The summed E-state index contributed by atoms with van der Waals surface area (Å²) in [4.78, 5) is 17.8. The smallest absolute Gasteiger partial charge is 0.227 e. The van der Waals surface area contributed by atoms with E-state index in [0.717, 1.165) is 11.1 Å². The minimum atomic E-state index is -3.97. The quantitative estimate of drug-likeness (QED) is 0.109. The fourth-order valence-corrected chi connectivity index (χ4v) is 9.01. The molecule has 46 heavy (non-hydrogen) atoms. The van der Waals surface area contributed by atoms with E-state index in [9.17, 15) is 25.3 Å². The van der Waals surface area contributed by atoms with Crippen molar-refractivity contribution < 1.29 is 25.3 Å². The van der Waals surface area contributed by atoms with Crippen LogP contribution in [0.25, 0.3) is 0 Å². The van der Waals surface area contributed by atoms with Gasteiger partial charge in [0, 0.05) is 23.7 Å². The molecule has 0 unspecified atom stereocenters. The standard InChI is InChI=1S/C32H36N4O6S4/c1-5-43-31-33-23(19-25(35-31)44(37,38)6-2)29-27(21-15-11-9-12-16-21)30(28(29)22-17-13-10-14-18-22)24-20-26(45(39,40)7-3)36-32(34-24)46(41,42)8-4/h9-20,27-30H,5-8H2,1-4H3/t27-,28-,29-,30+/m1/s1. The van der Waals surface area contributed by atoms with Crippen molar-refractivity contribution in [2.75, 3.05) is 23.0 Å². The van der Waals surface area contributed by atoms with Gasteiger partial charge >= 0.3 is 0 Å². The molecule has 244 valence electrons. The van der Waals surface area contributed by atoms with Gasteiger partial charge in [0.1, 0.15) is 0 Å². The largest absolute Gasteiger partial charge is 0.248 e. The molecule has 2 heterocycles. The number of thioether (sulfide) groups is 1. The van der Waals surface area contributed by atoms with Gasteiger partial charge in [0.15, 0.2) is 34.9 Å². The Morgan fingerprint density at radius 2 is 0.978 bits per heavy atom. The van der Waals surface area contributed by atoms with Crippen LogP contribution in [0, 0.1) is 0 Å². The maximum atomic E-state index is 13.1. The first-order valence-corrected chi connectivity index (χ1v) is 21.0. The molecule has 0 bridgehead atoms. The zero-order chi connectivity index (χ0) is 33.3. The summed E-state index contributed by atoms with van der Waals surface area (Å²) in [6, 6.07) is 22.1. The lowest BCUT2D eigenvalue weighted by atomic mass is 9.50. The van der Waals surface area contributed by atoms with Gasteiger partial charge in [0.05, 0.1) is 28.6 Å². The van der Waals surface area contributed by atoms with Crippen molar-refractivity contribution in [2.45, 2.75) is 71.7 Å². The predicted octanol–water partition coefficient (Wildman–Crippen LogP) is 5.21. The van der Waals surface area contributed by atoms with Crippen molar-refractivity contribution in [2.24, 2.45) is 0 Å². The molecule has 5 rings (SSSR count). The molecular weight excluding hydrogens is 665 g/mol. The van der Waals surface area contributed by atoms with Crippen molar-refractivity contribution >= 4 is 41.3 Å². The molecule has 0 radical (unpaired) electrons. The van der Waals surface area contributed by atoms with Crippen LogP contribution in [0.2, 0.25) is 0 Å². The van der Waals surface area contributed by atoms with Gasteiger partial charge in [-0.3, -0.25) is 0 Å². The number of rotatable bonds is 12. The van der Waals surface area contributed by atoms with Crippen LogP contribution in [0.1, 0.15) is 73.9 Å². The highest BCUT2D eigenvalue weighted by Gasteiger charge is 2.55. The van der Waals surface area contributed by atoms with E-state index in [0.29, 0.717) is 16.6 Å². The van der Waals surface area contributed by atoms with E-state index in [2.05, 4.69) is 15.0 Å². The van der Waals surface area contributed by atoms with Crippen LogP contribution in [-0.4, -0.2) is 68.2 Å². The molecule has 1 aliphatic rings. The molecule has 0 N–H and O–H groups in total. The lowest BCUT2D eigenvalue weighted by molar-refractivity contribution is 0.217. The van der Waals surface area contributed by atoms with Gasteiger partial charge in [0.2, 0.25) is 15.0 Å². The number of hydrogen-bond donors (Lipinski definition) is 0. The number of hydrogen-bond acceptors (Lipinski definition) is 11. The van der Waals surface area contributed by atoms with Crippen molar-refractivity contribution in [1.82, 2.24) is 19.9 Å². The summed E-state index contributed by atoms with van der Waals surface area (Å²) < 4.78 is 78.7. The Morgan fingerprint density at radius 3 is 1.41 bits per heavy atom. The first kappa shape index (κ1) is 34.1. The second-order valence-electron chi connectivity index (χ2n) is 10.9. The molecule has 0 saturated heterocycles. The van der Waals surface area contributed by atoms with Gasteiger partial charge in [-0.1, -0.05) is 100 Å². The molecular formula is C32H36N4O6S4. The molecule has 10 nitrogen and oxygen atoms in total. The predicted molar refractivity (Wildman–Crippen MR) is 177 cm³/mol. The van der Waals surface area contributed by atoms with E-state index in [1.54, 1.807) is 13.0 Å². The number of sulfone groups is 3. The van der Waals surface area contributed by atoms with E-state index in [-0.39, 0.29) is 50.8 Å². The molecule has 14 heteroatoms. The third-order valence-electron chi connectivity index (χ3n) is 8.33. The minimum absolute atomic E-state index is 0.0484. The summed E-state index contributed by atoms with van der Waals surface area (Å²) in [5.41, 5.74) is 2.61. The second-order valence-corrected chi connectivity index (χ2v) is 18.7. The number of nitrogens with zero attached hydrogens (tertiary/aromatic N) is 4. The van der Waals surface area contributed by atoms with Gasteiger partial charge in [-0.25, -0.2) is 45.2 Å². The van der Waals surface area contributed by atoms with Crippen LogP contribution in [-0.2, 0) is 29.5 Å². The van der Waals surface area contributed by atoms with Gasteiger partial charge in [-0.2, -0.15) is 0 Å². The summed E-state index contributed by atoms with van der Waals surface area (Å²) >= 11 is 1.35. The summed E-state index contributed by atoms with van der Waals surface area (Å²) in [5, 5.41) is -0.563. The fraction of sp³-hybridized carbons (Fsp3) is 0.375. The first-order chi connectivity index (χ1) is 21.9. The Balaban J connectivity index is 1.82. The van der Waals surface area contributed by atoms with Crippen LogP contribution in [0.15, 0.2) is 93.2 Å². The zero-order valence-electron chi connectivity index (χ0n) is 25.9. The Hall–Kier alpha value is -3.20. The van der Waals surface area contributed by atoms with E-state index >= 15 is 0 Å². The summed E-state index contributed by atoms with van der Waals surface area (Å²) in [7, 11) is -11.6.